The molecule has 1 aliphatic carbocycles. The number of carbonyl (C=O) groups excluding carboxylic acids is 1. The van der Waals surface area contributed by atoms with Crippen LogP contribution in [-0.4, -0.2) is 44.3 Å². The molecule has 0 aromatic carbocycles. The number of aliphatic imine (C=N–C) groups is 1. The van der Waals surface area contributed by atoms with E-state index in [9.17, 15) is 4.79 Å². The number of hydrogen-bond donors (Lipinski definition) is 3. The van der Waals surface area contributed by atoms with Crippen LogP contribution in [0.4, 0.5) is 4.79 Å². The molecule has 1 amide bonds. The number of ether oxygens (including phenoxy) is 1. The van der Waals surface area contributed by atoms with Crippen molar-refractivity contribution in [3.63, 3.8) is 0 Å². The standard InChI is InChI=1S/C18H30N4O2S/c1-4-19-17(20-10-13(3)15-8-9-25-12-15)21-11-16(14-6-7-14)22-18(23)24-5-2/h8-9,12-14,16H,4-7,10-11H2,1-3H3,(H,22,23)(H2,19,20,21). The van der Waals surface area contributed by atoms with Gasteiger partial charge in [-0.3, -0.25) is 4.99 Å². The molecule has 7 heteroatoms. The second-order valence-electron chi connectivity index (χ2n) is 6.37. The maximum absolute atomic E-state index is 11.7. The van der Waals surface area contributed by atoms with Crippen molar-refractivity contribution in [1.82, 2.24) is 16.0 Å². The first kappa shape index (κ1) is 19.6. The van der Waals surface area contributed by atoms with Crippen LogP contribution in [0.5, 0.6) is 0 Å². The zero-order valence-electron chi connectivity index (χ0n) is 15.4. The molecule has 1 heterocycles. The van der Waals surface area contributed by atoms with Crippen LogP contribution in [0.3, 0.4) is 0 Å². The van der Waals surface area contributed by atoms with E-state index in [1.54, 1.807) is 11.3 Å². The highest BCUT2D eigenvalue weighted by Crippen LogP contribution is 2.32. The molecular formula is C18H30N4O2S. The van der Waals surface area contributed by atoms with Gasteiger partial charge in [0.2, 0.25) is 0 Å². The Morgan fingerprint density at radius 1 is 1.40 bits per heavy atom. The third kappa shape index (κ3) is 6.94. The molecule has 25 heavy (non-hydrogen) atoms. The fourth-order valence-corrected chi connectivity index (χ4v) is 3.38. The molecule has 0 bridgehead atoms. The van der Waals surface area contributed by atoms with Crippen molar-refractivity contribution < 1.29 is 9.53 Å². The summed E-state index contributed by atoms with van der Waals surface area (Å²) in [6.07, 6.45) is 1.97. The highest BCUT2D eigenvalue weighted by atomic mass is 32.1. The lowest BCUT2D eigenvalue weighted by molar-refractivity contribution is 0.146. The van der Waals surface area contributed by atoms with Gasteiger partial charge in [0.15, 0.2) is 5.96 Å². The third-order valence-electron chi connectivity index (χ3n) is 4.24. The van der Waals surface area contributed by atoms with Gasteiger partial charge < -0.3 is 20.7 Å². The van der Waals surface area contributed by atoms with Crippen LogP contribution in [-0.2, 0) is 4.74 Å². The largest absolute Gasteiger partial charge is 0.450 e. The van der Waals surface area contributed by atoms with Crippen LogP contribution in [0.15, 0.2) is 21.8 Å². The molecule has 1 fully saturated rings. The van der Waals surface area contributed by atoms with Gasteiger partial charge in [0.05, 0.1) is 12.6 Å². The van der Waals surface area contributed by atoms with Crippen molar-refractivity contribution in [2.75, 3.05) is 26.2 Å². The third-order valence-corrected chi connectivity index (χ3v) is 4.94. The van der Waals surface area contributed by atoms with E-state index < -0.39 is 0 Å². The number of carbonyl (C=O) groups is 1. The Bertz CT molecular complexity index is 543. The molecule has 2 rings (SSSR count). The summed E-state index contributed by atoms with van der Waals surface area (Å²) in [6, 6.07) is 2.23. The lowest BCUT2D eigenvalue weighted by Crippen LogP contribution is -2.48. The van der Waals surface area contributed by atoms with Crippen molar-refractivity contribution in [3.05, 3.63) is 22.4 Å². The van der Waals surface area contributed by atoms with E-state index in [-0.39, 0.29) is 12.1 Å². The predicted octanol–water partition coefficient (Wildman–Crippen LogP) is 2.93. The zero-order chi connectivity index (χ0) is 18.1. The summed E-state index contributed by atoms with van der Waals surface area (Å²) in [5, 5.41) is 13.9. The SMILES string of the molecule is CCNC(=NCC(C)c1ccsc1)NCC(NC(=O)OCC)C1CC1. The minimum absolute atomic E-state index is 0.0807. The van der Waals surface area contributed by atoms with E-state index >= 15 is 0 Å². The maximum Gasteiger partial charge on any atom is 0.407 e. The van der Waals surface area contributed by atoms with E-state index in [0.717, 1.165) is 31.9 Å². The number of rotatable bonds is 9. The lowest BCUT2D eigenvalue weighted by atomic mass is 10.1. The van der Waals surface area contributed by atoms with Crippen molar-refractivity contribution >= 4 is 23.4 Å². The zero-order valence-corrected chi connectivity index (χ0v) is 16.2. The molecule has 2 atom stereocenters. The van der Waals surface area contributed by atoms with Gasteiger partial charge in [-0.1, -0.05) is 6.92 Å². The quantitative estimate of drug-likeness (QED) is 0.464. The van der Waals surface area contributed by atoms with Gasteiger partial charge in [0.25, 0.3) is 0 Å². The monoisotopic (exact) mass is 366 g/mol. The van der Waals surface area contributed by atoms with Crippen molar-refractivity contribution in [3.8, 4) is 0 Å². The van der Waals surface area contributed by atoms with Crippen LogP contribution in [0, 0.1) is 5.92 Å². The fraction of sp³-hybridized carbons (Fsp3) is 0.667. The Hall–Kier alpha value is -1.76. The number of alkyl carbamates (subject to hydrolysis) is 1. The summed E-state index contributed by atoms with van der Waals surface area (Å²) >= 11 is 1.71. The van der Waals surface area contributed by atoms with Gasteiger partial charge in [-0.05, 0) is 55.0 Å². The molecule has 3 N–H and O–H groups in total. The minimum atomic E-state index is -0.339. The summed E-state index contributed by atoms with van der Waals surface area (Å²) in [6.45, 7) is 8.63. The molecule has 140 valence electrons. The van der Waals surface area contributed by atoms with E-state index in [1.807, 2.05) is 6.92 Å². The first-order chi connectivity index (χ1) is 12.1. The van der Waals surface area contributed by atoms with Crippen LogP contribution in [0.2, 0.25) is 0 Å². The van der Waals surface area contributed by atoms with Crippen LogP contribution in [0.25, 0.3) is 0 Å². The van der Waals surface area contributed by atoms with E-state index in [2.05, 4.69) is 46.6 Å². The average Bonchev–Trinajstić information content (AvgIpc) is 3.29. The molecule has 1 aliphatic rings. The molecule has 1 aromatic rings. The molecule has 6 nitrogen and oxygen atoms in total. The van der Waals surface area contributed by atoms with Gasteiger partial charge >= 0.3 is 6.09 Å². The molecule has 0 aliphatic heterocycles. The Balaban J connectivity index is 1.86. The van der Waals surface area contributed by atoms with Gasteiger partial charge in [0.1, 0.15) is 0 Å². The van der Waals surface area contributed by atoms with E-state index in [0.29, 0.717) is 25.0 Å². The first-order valence-electron chi connectivity index (χ1n) is 9.11. The molecule has 1 aromatic heterocycles. The Morgan fingerprint density at radius 3 is 2.80 bits per heavy atom. The Labute approximate surface area is 154 Å². The number of nitrogens with zero attached hydrogens (tertiary/aromatic N) is 1. The number of hydrogen-bond acceptors (Lipinski definition) is 4. The number of nitrogens with one attached hydrogen (secondary N) is 3. The van der Waals surface area contributed by atoms with E-state index in [1.165, 1.54) is 5.56 Å². The number of guanidine groups is 1. The summed E-state index contributed by atoms with van der Waals surface area (Å²) in [5.41, 5.74) is 1.32. The van der Waals surface area contributed by atoms with Crippen molar-refractivity contribution in [2.24, 2.45) is 10.9 Å². The highest BCUT2D eigenvalue weighted by molar-refractivity contribution is 7.07. The van der Waals surface area contributed by atoms with Gasteiger partial charge in [-0.25, -0.2) is 4.79 Å². The topological polar surface area (TPSA) is 74.8 Å². The summed E-state index contributed by atoms with van der Waals surface area (Å²) in [4.78, 5) is 16.4. The minimum Gasteiger partial charge on any atom is -0.450 e. The van der Waals surface area contributed by atoms with Crippen molar-refractivity contribution in [1.29, 1.82) is 0 Å². The summed E-state index contributed by atoms with van der Waals surface area (Å²) in [5.74, 6) is 1.71. The van der Waals surface area contributed by atoms with Gasteiger partial charge in [-0.2, -0.15) is 11.3 Å². The van der Waals surface area contributed by atoms with Crippen LogP contribution < -0.4 is 16.0 Å². The summed E-state index contributed by atoms with van der Waals surface area (Å²) in [7, 11) is 0. The first-order valence-corrected chi connectivity index (χ1v) is 10.1. The van der Waals surface area contributed by atoms with Crippen LogP contribution in [0.1, 0.15) is 45.1 Å². The lowest BCUT2D eigenvalue weighted by Gasteiger charge is -2.20. The predicted molar refractivity (Wildman–Crippen MR) is 103 cm³/mol. The molecule has 1 saturated carbocycles. The van der Waals surface area contributed by atoms with Gasteiger partial charge in [0, 0.05) is 25.6 Å². The maximum atomic E-state index is 11.7. The molecule has 2 unspecified atom stereocenters. The normalized spacial score (nSPS) is 16.8. The molecule has 0 radical (unpaired) electrons. The number of amides is 1. The van der Waals surface area contributed by atoms with Crippen LogP contribution >= 0.6 is 11.3 Å². The Morgan fingerprint density at radius 2 is 2.20 bits per heavy atom. The smallest absolute Gasteiger partial charge is 0.407 e. The second kappa shape index (κ2) is 10.3. The highest BCUT2D eigenvalue weighted by Gasteiger charge is 2.32. The molecule has 0 spiro atoms. The molecule has 0 saturated heterocycles. The summed E-state index contributed by atoms with van der Waals surface area (Å²) < 4.78 is 5.00. The average molecular weight is 367 g/mol. The molecular weight excluding hydrogens is 336 g/mol. The van der Waals surface area contributed by atoms with Gasteiger partial charge in [-0.15, -0.1) is 0 Å². The number of thiophene rings is 1. The van der Waals surface area contributed by atoms with Crippen molar-refractivity contribution in [2.45, 2.75) is 45.6 Å². The Kier molecular flexibility index (Phi) is 8.04. The van der Waals surface area contributed by atoms with E-state index in [4.69, 9.17) is 9.73 Å². The second-order valence-corrected chi connectivity index (χ2v) is 7.15. The fourth-order valence-electron chi connectivity index (χ4n) is 2.60.